The molecular formula is C27H22O5S2. The highest BCUT2D eigenvalue weighted by molar-refractivity contribution is 7.16. The fourth-order valence-electron chi connectivity index (χ4n) is 4.31. The maximum absolute atomic E-state index is 12.9. The summed E-state index contributed by atoms with van der Waals surface area (Å²) in [5.74, 6) is 0.812. The number of hydrogen-bond acceptors (Lipinski definition) is 7. The van der Waals surface area contributed by atoms with Gasteiger partial charge in [-0.05, 0) is 60.7 Å². The van der Waals surface area contributed by atoms with Gasteiger partial charge in [-0.3, -0.25) is 4.79 Å². The molecule has 3 heterocycles. The van der Waals surface area contributed by atoms with Crippen molar-refractivity contribution in [3.05, 3.63) is 68.9 Å². The molecule has 0 bridgehead atoms. The predicted octanol–water partition coefficient (Wildman–Crippen LogP) is 6.93. The Bertz CT molecular complexity index is 1430. The van der Waals surface area contributed by atoms with Gasteiger partial charge in [0.1, 0.15) is 18.1 Å². The summed E-state index contributed by atoms with van der Waals surface area (Å²) in [4.78, 5) is 28.4. The van der Waals surface area contributed by atoms with E-state index in [1.54, 1.807) is 41.9 Å². The van der Waals surface area contributed by atoms with E-state index in [-0.39, 0.29) is 0 Å². The van der Waals surface area contributed by atoms with Gasteiger partial charge in [-0.1, -0.05) is 6.07 Å². The molecule has 1 aliphatic rings. The smallest absolute Gasteiger partial charge is 0.338 e. The van der Waals surface area contributed by atoms with Crippen LogP contribution in [0.3, 0.4) is 0 Å². The number of methoxy groups -OCH3 is 2. The molecule has 5 rings (SSSR count). The first-order valence-electron chi connectivity index (χ1n) is 10.7. The zero-order valence-electron chi connectivity index (χ0n) is 19.2. The summed E-state index contributed by atoms with van der Waals surface area (Å²) in [7, 11) is 2.95. The minimum absolute atomic E-state index is 0.371. The van der Waals surface area contributed by atoms with Crippen molar-refractivity contribution in [3.63, 3.8) is 0 Å². The monoisotopic (exact) mass is 490 g/mol. The van der Waals surface area contributed by atoms with E-state index in [4.69, 9.17) is 14.2 Å². The third-order valence-electron chi connectivity index (χ3n) is 6.23. The summed E-state index contributed by atoms with van der Waals surface area (Å²) in [6.07, 6.45) is 0.803. The van der Waals surface area contributed by atoms with Gasteiger partial charge in [-0.25, -0.2) is 4.79 Å². The molecule has 7 heteroatoms. The number of esters is 1. The molecule has 34 heavy (non-hydrogen) atoms. The van der Waals surface area contributed by atoms with Crippen LogP contribution in [0, 0.1) is 13.8 Å². The molecular weight excluding hydrogens is 468 g/mol. The van der Waals surface area contributed by atoms with Crippen molar-refractivity contribution in [1.29, 1.82) is 0 Å². The molecule has 172 valence electrons. The molecule has 0 fully saturated rings. The van der Waals surface area contributed by atoms with E-state index >= 15 is 0 Å². The maximum atomic E-state index is 12.9. The molecule has 0 amide bonds. The minimum Gasteiger partial charge on any atom is -0.496 e. The number of fused-ring (bicyclic) bond motifs is 3. The number of benzene rings is 2. The van der Waals surface area contributed by atoms with Crippen LogP contribution >= 0.6 is 22.7 Å². The van der Waals surface area contributed by atoms with Gasteiger partial charge in [-0.2, -0.15) is 0 Å². The Morgan fingerprint density at radius 2 is 1.88 bits per heavy atom. The Morgan fingerprint density at radius 3 is 2.56 bits per heavy atom. The lowest BCUT2D eigenvalue weighted by Crippen LogP contribution is -2.09. The molecule has 5 nitrogen and oxygen atoms in total. The van der Waals surface area contributed by atoms with Crippen LogP contribution in [0.1, 0.15) is 36.7 Å². The van der Waals surface area contributed by atoms with Crippen molar-refractivity contribution < 1.29 is 23.8 Å². The Kier molecular flexibility index (Phi) is 5.75. The lowest BCUT2D eigenvalue weighted by molar-refractivity contribution is 0.0601. The van der Waals surface area contributed by atoms with Crippen LogP contribution in [-0.4, -0.2) is 26.5 Å². The van der Waals surface area contributed by atoms with Crippen LogP contribution in [0.25, 0.3) is 32.0 Å². The van der Waals surface area contributed by atoms with Gasteiger partial charge < -0.3 is 14.2 Å². The largest absolute Gasteiger partial charge is 0.496 e. The van der Waals surface area contributed by atoms with E-state index in [9.17, 15) is 9.59 Å². The summed E-state index contributed by atoms with van der Waals surface area (Å²) < 4.78 is 16.9. The van der Waals surface area contributed by atoms with E-state index < -0.39 is 5.97 Å². The molecule has 0 saturated carbocycles. The quantitative estimate of drug-likeness (QED) is 0.224. The van der Waals surface area contributed by atoms with E-state index in [0.29, 0.717) is 40.4 Å². The number of aryl methyl sites for hydroxylation is 1. The molecule has 0 unspecified atom stereocenters. The average molecular weight is 491 g/mol. The van der Waals surface area contributed by atoms with E-state index in [2.05, 4.69) is 13.8 Å². The van der Waals surface area contributed by atoms with E-state index in [0.717, 1.165) is 32.7 Å². The molecule has 0 aliphatic carbocycles. The van der Waals surface area contributed by atoms with Crippen LogP contribution in [0.5, 0.6) is 11.5 Å². The first kappa shape index (κ1) is 22.4. The first-order valence-corrected chi connectivity index (χ1v) is 12.4. The predicted molar refractivity (Wildman–Crippen MR) is 136 cm³/mol. The van der Waals surface area contributed by atoms with Gasteiger partial charge in [0.2, 0.25) is 0 Å². The zero-order valence-corrected chi connectivity index (χ0v) is 20.8. The van der Waals surface area contributed by atoms with Crippen molar-refractivity contribution in [3.8, 4) is 43.5 Å². The summed E-state index contributed by atoms with van der Waals surface area (Å²) in [5, 5.41) is 1.97. The number of hydrogen-bond donors (Lipinski definition) is 0. The highest BCUT2D eigenvalue weighted by Crippen LogP contribution is 2.48. The molecule has 0 N–H and O–H groups in total. The van der Waals surface area contributed by atoms with Crippen LogP contribution in [-0.2, 0) is 11.3 Å². The lowest BCUT2D eigenvalue weighted by atomic mass is 9.90. The van der Waals surface area contributed by atoms with Crippen LogP contribution in [0.4, 0.5) is 0 Å². The summed E-state index contributed by atoms with van der Waals surface area (Å²) in [6, 6.07) is 11.2. The van der Waals surface area contributed by atoms with Gasteiger partial charge in [0, 0.05) is 42.4 Å². The van der Waals surface area contributed by atoms with Crippen LogP contribution < -0.4 is 9.47 Å². The third kappa shape index (κ3) is 3.52. The van der Waals surface area contributed by atoms with Gasteiger partial charge in [0.15, 0.2) is 6.29 Å². The third-order valence-corrected chi connectivity index (χ3v) is 8.41. The van der Waals surface area contributed by atoms with Gasteiger partial charge in [0.25, 0.3) is 0 Å². The molecule has 0 spiro atoms. The highest BCUT2D eigenvalue weighted by Gasteiger charge is 2.28. The van der Waals surface area contributed by atoms with Crippen molar-refractivity contribution in [2.75, 3.05) is 14.2 Å². The van der Waals surface area contributed by atoms with Gasteiger partial charge in [0.05, 0.1) is 19.8 Å². The average Bonchev–Trinajstić information content (AvgIpc) is 3.50. The fraction of sp³-hybridized carbons (Fsp3) is 0.185. The van der Waals surface area contributed by atoms with Crippen molar-refractivity contribution in [1.82, 2.24) is 0 Å². The number of thiophene rings is 2. The molecule has 0 atom stereocenters. The Labute approximate surface area is 205 Å². The van der Waals surface area contributed by atoms with Crippen molar-refractivity contribution >= 4 is 34.9 Å². The second-order valence-corrected chi connectivity index (χ2v) is 10.2. The van der Waals surface area contributed by atoms with Gasteiger partial charge in [-0.15, -0.1) is 22.7 Å². The molecule has 2 aromatic carbocycles. The normalized spacial score (nSPS) is 11.9. The second kappa shape index (κ2) is 8.74. The summed E-state index contributed by atoms with van der Waals surface area (Å²) in [6.45, 7) is 4.65. The van der Waals surface area contributed by atoms with Gasteiger partial charge >= 0.3 is 5.97 Å². The lowest BCUT2D eigenvalue weighted by Gasteiger charge is -2.22. The zero-order chi connectivity index (χ0) is 24.0. The molecule has 1 aliphatic heterocycles. The number of carbonyl (C=O) groups is 2. The number of rotatable bonds is 5. The molecule has 0 saturated heterocycles. The van der Waals surface area contributed by atoms with Crippen molar-refractivity contribution in [2.24, 2.45) is 0 Å². The number of carbonyl (C=O) groups excluding carboxylic acids is 2. The topological polar surface area (TPSA) is 61.8 Å². The number of aldehydes is 1. The van der Waals surface area contributed by atoms with Crippen LogP contribution in [0.15, 0.2) is 41.8 Å². The molecule has 4 aromatic rings. The SMILES string of the molecule is COC(=O)c1cc2c(cc1-c1cc(OC)c(-c3cccs3)cc1C=O)OCc1c-2sc(C)c1C. The maximum Gasteiger partial charge on any atom is 0.338 e. The Hall–Kier alpha value is -3.42. The first-order chi connectivity index (χ1) is 16.5. The number of ether oxygens (including phenoxy) is 3. The highest BCUT2D eigenvalue weighted by atomic mass is 32.1. The molecule has 2 aromatic heterocycles. The summed E-state index contributed by atoms with van der Waals surface area (Å²) in [5.41, 5.74) is 6.03. The second-order valence-electron chi connectivity index (χ2n) is 8.00. The van der Waals surface area contributed by atoms with E-state index in [1.807, 2.05) is 29.6 Å². The Balaban J connectivity index is 1.76. The van der Waals surface area contributed by atoms with E-state index in [1.165, 1.54) is 17.6 Å². The standard InChI is InChI=1S/C27H22O5S2/c1-14-15(2)34-26-21-9-19(27(29)31-4)18(11-24(21)32-13-22(14)26)17-10-23(30-3)20(8-16(17)12-28)25-6-5-7-33-25/h5-12H,13H2,1-4H3. The summed E-state index contributed by atoms with van der Waals surface area (Å²) >= 11 is 3.26. The molecule has 0 radical (unpaired) electrons. The van der Waals surface area contributed by atoms with Crippen molar-refractivity contribution in [2.45, 2.75) is 20.5 Å². The minimum atomic E-state index is -0.479. The fourth-order valence-corrected chi connectivity index (χ4v) is 6.25. The van der Waals surface area contributed by atoms with Crippen LogP contribution in [0.2, 0.25) is 0 Å². The Morgan fingerprint density at radius 1 is 1.06 bits per heavy atom.